The topological polar surface area (TPSA) is 26.3 Å². The van der Waals surface area contributed by atoms with Crippen molar-refractivity contribution in [1.29, 1.82) is 0 Å². The van der Waals surface area contributed by atoms with Crippen LogP contribution >= 0.6 is 54.5 Å². The number of methoxy groups -OCH3 is 1. The molecule has 0 N–H and O–H groups in total. The SMILES string of the molecule is COC(=O)c1cc2c(Br)sc(Br)c2s1. The molecule has 0 bridgehead atoms. The number of hydrogen-bond donors (Lipinski definition) is 0. The van der Waals surface area contributed by atoms with Gasteiger partial charge in [-0.2, -0.15) is 0 Å². The third-order valence-corrected chi connectivity index (χ3v) is 5.79. The molecule has 14 heavy (non-hydrogen) atoms. The smallest absolute Gasteiger partial charge is 0.348 e. The molecule has 2 nitrogen and oxygen atoms in total. The zero-order valence-corrected chi connectivity index (χ0v) is 11.8. The molecule has 0 radical (unpaired) electrons. The number of carbonyl (C=O) groups is 1. The number of fused-ring (bicyclic) bond motifs is 1. The molecule has 0 aliphatic carbocycles. The summed E-state index contributed by atoms with van der Waals surface area (Å²) in [7, 11) is 1.39. The fourth-order valence-electron chi connectivity index (χ4n) is 1.06. The first-order valence-electron chi connectivity index (χ1n) is 3.59. The molecule has 0 saturated carbocycles. The van der Waals surface area contributed by atoms with Gasteiger partial charge >= 0.3 is 5.97 Å². The summed E-state index contributed by atoms with van der Waals surface area (Å²) in [6.45, 7) is 0. The summed E-state index contributed by atoms with van der Waals surface area (Å²) in [5.41, 5.74) is 0. The summed E-state index contributed by atoms with van der Waals surface area (Å²) in [4.78, 5) is 11.9. The van der Waals surface area contributed by atoms with Crippen molar-refractivity contribution < 1.29 is 9.53 Å². The molecule has 0 aliphatic heterocycles. The Balaban J connectivity index is 2.63. The normalized spacial score (nSPS) is 10.8. The highest BCUT2D eigenvalue weighted by Crippen LogP contribution is 2.43. The Morgan fingerprint density at radius 1 is 1.36 bits per heavy atom. The molecular formula is C8H4Br2O2S2. The van der Waals surface area contributed by atoms with Gasteiger partial charge < -0.3 is 4.74 Å². The zero-order valence-electron chi connectivity index (χ0n) is 6.97. The second kappa shape index (κ2) is 3.92. The average molecular weight is 356 g/mol. The molecule has 2 heterocycles. The van der Waals surface area contributed by atoms with E-state index in [0.717, 1.165) is 17.7 Å². The summed E-state index contributed by atoms with van der Waals surface area (Å²) in [6.07, 6.45) is 0. The monoisotopic (exact) mass is 354 g/mol. The van der Waals surface area contributed by atoms with E-state index in [1.807, 2.05) is 6.07 Å². The van der Waals surface area contributed by atoms with Gasteiger partial charge in [-0.05, 0) is 37.9 Å². The van der Waals surface area contributed by atoms with Crippen LogP contribution in [0, 0.1) is 0 Å². The molecule has 2 rings (SSSR count). The van der Waals surface area contributed by atoms with Crippen molar-refractivity contribution in [3.63, 3.8) is 0 Å². The van der Waals surface area contributed by atoms with E-state index in [-0.39, 0.29) is 5.97 Å². The molecule has 0 atom stereocenters. The lowest BCUT2D eigenvalue weighted by atomic mass is 10.4. The number of thiophene rings is 2. The maximum Gasteiger partial charge on any atom is 0.348 e. The summed E-state index contributed by atoms with van der Waals surface area (Å²) >= 11 is 9.94. The highest BCUT2D eigenvalue weighted by Gasteiger charge is 2.16. The maximum absolute atomic E-state index is 11.3. The van der Waals surface area contributed by atoms with Gasteiger partial charge in [-0.3, -0.25) is 0 Å². The highest BCUT2D eigenvalue weighted by molar-refractivity contribution is 9.12. The fraction of sp³-hybridized carbons (Fsp3) is 0.125. The minimum atomic E-state index is -0.282. The fourth-order valence-corrected chi connectivity index (χ4v) is 5.45. The van der Waals surface area contributed by atoms with Crippen molar-refractivity contribution in [2.24, 2.45) is 0 Å². The van der Waals surface area contributed by atoms with Gasteiger partial charge in [0.15, 0.2) is 0 Å². The third kappa shape index (κ3) is 1.64. The first kappa shape index (κ1) is 10.6. The second-order valence-corrected chi connectivity index (χ2v) is 7.20. The Hall–Kier alpha value is 0.0900. The molecule has 0 saturated heterocycles. The van der Waals surface area contributed by atoms with E-state index >= 15 is 0 Å². The first-order valence-corrected chi connectivity index (χ1v) is 6.81. The van der Waals surface area contributed by atoms with E-state index in [1.165, 1.54) is 18.4 Å². The van der Waals surface area contributed by atoms with Crippen LogP contribution in [0.2, 0.25) is 0 Å². The van der Waals surface area contributed by atoms with Crippen molar-refractivity contribution in [2.75, 3.05) is 7.11 Å². The van der Waals surface area contributed by atoms with E-state index in [4.69, 9.17) is 0 Å². The van der Waals surface area contributed by atoms with Gasteiger partial charge in [0.2, 0.25) is 0 Å². The first-order chi connectivity index (χ1) is 6.63. The summed E-state index contributed by atoms with van der Waals surface area (Å²) in [5.74, 6) is -0.282. The van der Waals surface area contributed by atoms with Crippen molar-refractivity contribution in [1.82, 2.24) is 0 Å². The molecule has 2 aromatic heterocycles. The highest BCUT2D eigenvalue weighted by atomic mass is 79.9. The number of hydrogen-bond acceptors (Lipinski definition) is 4. The predicted molar refractivity (Wildman–Crippen MR) is 66.4 cm³/mol. The van der Waals surface area contributed by atoms with E-state index in [1.54, 1.807) is 11.3 Å². The lowest BCUT2D eigenvalue weighted by Gasteiger charge is -1.91. The van der Waals surface area contributed by atoms with E-state index in [0.29, 0.717) is 4.88 Å². The van der Waals surface area contributed by atoms with Gasteiger partial charge in [-0.15, -0.1) is 22.7 Å². The van der Waals surface area contributed by atoms with E-state index in [2.05, 4.69) is 36.6 Å². The minimum Gasteiger partial charge on any atom is -0.465 e. The van der Waals surface area contributed by atoms with Crippen LogP contribution in [0.4, 0.5) is 0 Å². The molecule has 0 unspecified atom stereocenters. The zero-order chi connectivity index (χ0) is 10.3. The van der Waals surface area contributed by atoms with Crippen LogP contribution in [-0.2, 0) is 4.74 Å². The maximum atomic E-state index is 11.3. The van der Waals surface area contributed by atoms with Gasteiger partial charge in [-0.25, -0.2) is 4.79 Å². The summed E-state index contributed by atoms with van der Waals surface area (Å²) in [5, 5.41) is 1.06. The second-order valence-electron chi connectivity index (χ2n) is 2.49. The quantitative estimate of drug-likeness (QED) is 0.714. The van der Waals surface area contributed by atoms with Crippen molar-refractivity contribution >= 4 is 70.6 Å². The standard InChI is InChI=1S/C8H4Br2O2S2/c1-12-8(11)4-2-3-5(13-4)7(10)14-6(3)9/h2H,1H3. The number of halogens is 2. The number of ether oxygens (including phenoxy) is 1. The lowest BCUT2D eigenvalue weighted by molar-refractivity contribution is 0.0606. The van der Waals surface area contributed by atoms with Crippen LogP contribution in [0.3, 0.4) is 0 Å². The van der Waals surface area contributed by atoms with Crippen LogP contribution < -0.4 is 0 Å². The summed E-state index contributed by atoms with van der Waals surface area (Å²) in [6, 6.07) is 1.84. The molecule has 0 aliphatic rings. The van der Waals surface area contributed by atoms with Gasteiger partial charge in [0.25, 0.3) is 0 Å². The molecule has 0 aromatic carbocycles. The molecule has 2 aromatic rings. The summed E-state index contributed by atoms with van der Waals surface area (Å²) < 4.78 is 7.82. The van der Waals surface area contributed by atoms with Gasteiger partial charge in [0, 0.05) is 5.39 Å². The minimum absolute atomic E-state index is 0.282. The molecule has 74 valence electrons. The third-order valence-electron chi connectivity index (χ3n) is 1.69. The number of rotatable bonds is 1. The number of carbonyl (C=O) groups excluding carboxylic acids is 1. The van der Waals surface area contributed by atoms with Crippen LogP contribution in [0.1, 0.15) is 9.67 Å². The van der Waals surface area contributed by atoms with Crippen LogP contribution in [0.25, 0.3) is 10.1 Å². The Morgan fingerprint density at radius 3 is 2.64 bits per heavy atom. The average Bonchev–Trinajstić information content (AvgIpc) is 2.69. The molecule has 0 amide bonds. The van der Waals surface area contributed by atoms with Crippen LogP contribution in [0.15, 0.2) is 13.6 Å². The van der Waals surface area contributed by atoms with Gasteiger partial charge in [0.1, 0.15) is 4.88 Å². The Kier molecular flexibility index (Phi) is 2.97. The molecule has 0 fully saturated rings. The largest absolute Gasteiger partial charge is 0.465 e. The van der Waals surface area contributed by atoms with Gasteiger partial charge in [0.05, 0.1) is 19.4 Å². The van der Waals surface area contributed by atoms with Crippen LogP contribution in [-0.4, -0.2) is 13.1 Å². The Morgan fingerprint density at radius 2 is 2.07 bits per heavy atom. The van der Waals surface area contributed by atoms with Crippen molar-refractivity contribution in [3.8, 4) is 0 Å². The Bertz CT molecular complexity index is 466. The molecule has 6 heteroatoms. The van der Waals surface area contributed by atoms with E-state index < -0.39 is 0 Å². The van der Waals surface area contributed by atoms with E-state index in [9.17, 15) is 4.79 Å². The van der Waals surface area contributed by atoms with Crippen molar-refractivity contribution in [2.45, 2.75) is 0 Å². The predicted octanol–water partition coefficient (Wildman–Crippen LogP) is 4.27. The molecular weight excluding hydrogens is 352 g/mol. The van der Waals surface area contributed by atoms with Crippen LogP contribution in [0.5, 0.6) is 0 Å². The lowest BCUT2D eigenvalue weighted by Crippen LogP contribution is -1.96. The van der Waals surface area contributed by atoms with Gasteiger partial charge in [-0.1, -0.05) is 0 Å². The number of esters is 1. The van der Waals surface area contributed by atoms with Crippen molar-refractivity contribution in [3.05, 3.63) is 18.5 Å². The Labute approximate surface area is 105 Å². The molecule has 0 spiro atoms.